The molecule has 4 N–H and O–H groups in total. The summed E-state index contributed by atoms with van der Waals surface area (Å²) in [7, 11) is -5.33. The van der Waals surface area contributed by atoms with E-state index in [4.69, 9.17) is 37.8 Å². The molecule has 2 aliphatic heterocycles. The van der Waals surface area contributed by atoms with Crippen molar-refractivity contribution >= 4 is 21.8 Å². The topological polar surface area (TPSA) is 140 Å². The molecule has 5 atom stereocenters. The summed E-state index contributed by atoms with van der Waals surface area (Å²) >= 11 is 0. The highest BCUT2D eigenvalue weighted by Gasteiger charge is 2.44. The summed E-state index contributed by atoms with van der Waals surface area (Å²) < 4.78 is 150. The third-order valence-electron chi connectivity index (χ3n) is 5.79. The van der Waals surface area contributed by atoms with E-state index in [0.717, 1.165) is 24.3 Å². The molecule has 0 aromatic heterocycles. The van der Waals surface area contributed by atoms with Gasteiger partial charge in [-0.1, -0.05) is 44.0 Å². The summed E-state index contributed by atoms with van der Waals surface area (Å²) in [6.45, 7) is -16.7. The summed E-state index contributed by atoms with van der Waals surface area (Å²) in [5, 5.41) is 13.8. The van der Waals surface area contributed by atoms with Gasteiger partial charge in [-0.25, -0.2) is 13.2 Å². The third kappa shape index (κ3) is 7.03. The van der Waals surface area contributed by atoms with E-state index in [-0.39, 0.29) is 29.4 Å². The first-order valence-electron chi connectivity index (χ1n) is 18.0. The lowest BCUT2D eigenvalue weighted by Gasteiger charge is -2.31. The number of sulfonamides is 1. The molecule has 0 unspecified atom stereocenters. The Kier molecular flexibility index (Phi) is 5.17. The second-order valence-electron chi connectivity index (χ2n) is 8.52. The third-order valence-corrected chi connectivity index (χ3v) is 7.48. The molecule has 2 saturated heterocycles. The number of nitrogens with two attached hydrogens (primary N) is 1. The maximum Gasteiger partial charge on any atom is 0.407 e. The van der Waals surface area contributed by atoms with Crippen LogP contribution >= 0.6 is 0 Å². The first kappa shape index (κ1) is 15.8. The Balaban J connectivity index is 1.78. The minimum atomic E-state index is -5.33. The van der Waals surface area contributed by atoms with Crippen molar-refractivity contribution in [1.29, 1.82) is 0 Å². The number of anilines is 1. The SMILES string of the molecule is [2H]C([2H])([2H])C([2H])(C([2H])([2H])[2H])C([2H])([2H])N(C[C@@H](O)[C@H](Cc1ccccc1)NC(=O)O[C@@]1([2H])C([2H])([2H])O[C@H]2OCC[C@]21[2H])S(=O)(=O)c1ccc(N)cc1. The molecular formula is C27H37N3O7S. The van der Waals surface area contributed by atoms with E-state index in [1.54, 1.807) is 18.2 Å². The van der Waals surface area contributed by atoms with Crippen molar-refractivity contribution < 1.29 is 50.3 Å². The number of aliphatic hydroxyl groups excluding tert-OH is 1. The maximum atomic E-state index is 14.1. The Morgan fingerprint density at radius 3 is 2.76 bits per heavy atom. The molecule has 2 fully saturated rings. The average Bonchev–Trinajstić information content (AvgIpc) is 3.44. The number of aliphatic hydroxyl groups is 1. The van der Waals surface area contributed by atoms with Crippen molar-refractivity contribution in [3.05, 3.63) is 60.2 Å². The largest absolute Gasteiger partial charge is 0.443 e. The van der Waals surface area contributed by atoms with Gasteiger partial charge in [-0.2, -0.15) is 4.31 Å². The number of fused-ring (bicyclic) bond motifs is 1. The molecule has 2 heterocycles. The molecular weight excluding hydrogens is 510 g/mol. The lowest BCUT2D eigenvalue weighted by Crippen LogP contribution is -2.51. The van der Waals surface area contributed by atoms with Gasteiger partial charge < -0.3 is 30.4 Å². The molecule has 208 valence electrons. The highest BCUT2D eigenvalue weighted by atomic mass is 32.2. The number of carbonyl (C=O) groups is 1. The fraction of sp³-hybridized carbons (Fsp3) is 0.519. The molecule has 38 heavy (non-hydrogen) atoms. The molecule has 1 amide bonds. The number of amides is 1. The average molecular weight is 561 g/mol. The molecule has 2 aromatic carbocycles. The number of nitrogen functional groups attached to an aromatic ring is 1. The zero-order valence-electron chi connectivity index (χ0n) is 33.1. The van der Waals surface area contributed by atoms with Crippen LogP contribution in [-0.4, -0.2) is 74.6 Å². The highest BCUT2D eigenvalue weighted by Crippen LogP contribution is 2.33. The van der Waals surface area contributed by atoms with Crippen molar-refractivity contribution in [3.8, 4) is 0 Å². The first-order valence-corrected chi connectivity index (χ1v) is 13.0. The van der Waals surface area contributed by atoms with Crippen LogP contribution < -0.4 is 11.1 Å². The predicted molar refractivity (Wildman–Crippen MR) is 142 cm³/mol. The van der Waals surface area contributed by atoms with Gasteiger partial charge in [0, 0.05) is 32.4 Å². The number of carbonyl (C=O) groups excluding carboxylic acids is 1. The van der Waals surface area contributed by atoms with Crippen molar-refractivity contribution in [2.75, 3.05) is 31.9 Å². The predicted octanol–water partition coefficient (Wildman–Crippen LogP) is 2.38. The fourth-order valence-corrected chi connectivity index (χ4v) is 5.19. The Bertz CT molecular complexity index is 1670. The molecule has 2 aliphatic rings. The van der Waals surface area contributed by atoms with Crippen LogP contribution in [-0.2, 0) is 30.7 Å². The van der Waals surface area contributed by atoms with E-state index in [2.05, 4.69) is 5.32 Å². The molecule has 0 bridgehead atoms. The van der Waals surface area contributed by atoms with Gasteiger partial charge in [0.2, 0.25) is 10.0 Å². The number of nitrogens with one attached hydrogen (secondary N) is 1. The van der Waals surface area contributed by atoms with Gasteiger partial charge in [0.15, 0.2) is 6.29 Å². The Hall–Kier alpha value is -2.70. The number of nitrogens with zero attached hydrogens (tertiary/aromatic N) is 1. The van der Waals surface area contributed by atoms with Crippen LogP contribution in [0, 0.1) is 11.8 Å². The van der Waals surface area contributed by atoms with Crippen LogP contribution in [0.3, 0.4) is 0 Å². The Morgan fingerprint density at radius 1 is 1.32 bits per heavy atom. The number of hydrogen-bond donors (Lipinski definition) is 3. The molecule has 11 heteroatoms. The van der Waals surface area contributed by atoms with Gasteiger partial charge in [-0.3, -0.25) is 0 Å². The van der Waals surface area contributed by atoms with Crippen molar-refractivity contribution in [2.24, 2.45) is 11.8 Å². The Morgan fingerprint density at radius 2 is 2.05 bits per heavy atom. The number of benzene rings is 2. The molecule has 0 spiro atoms. The van der Waals surface area contributed by atoms with Crippen molar-refractivity contribution in [1.82, 2.24) is 9.62 Å². The second kappa shape index (κ2) is 12.4. The van der Waals surface area contributed by atoms with E-state index in [1.807, 2.05) is 0 Å². The van der Waals surface area contributed by atoms with Gasteiger partial charge >= 0.3 is 6.09 Å². The monoisotopic (exact) mass is 560 g/mol. The smallest absolute Gasteiger partial charge is 0.407 e. The molecule has 4 rings (SSSR count). The number of hydrogen-bond acceptors (Lipinski definition) is 8. The lowest BCUT2D eigenvalue weighted by atomic mass is 10.0. The Labute approximate surface area is 242 Å². The lowest BCUT2D eigenvalue weighted by molar-refractivity contribution is -0.0907. The highest BCUT2D eigenvalue weighted by molar-refractivity contribution is 7.89. The summed E-state index contributed by atoms with van der Waals surface area (Å²) in [6.07, 6.45) is -9.06. The van der Waals surface area contributed by atoms with Crippen molar-refractivity contribution in [2.45, 2.75) is 56.0 Å². The minimum absolute atomic E-state index is 0.0724. The zero-order valence-corrected chi connectivity index (χ0v) is 20.9. The van der Waals surface area contributed by atoms with Crippen LogP contribution in [0.25, 0.3) is 0 Å². The van der Waals surface area contributed by atoms with E-state index >= 15 is 0 Å². The van der Waals surface area contributed by atoms with Gasteiger partial charge in [0.05, 0.1) is 40.2 Å². The fourth-order valence-electron chi connectivity index (χ4n) is 3.90. The zero-order chi connectivity index (χ0) is 38.6. The normalized spacial score (nSPS) is 34.4. The molecule has 0 radical (unpaired) electrons. The second-order valence-corrected chi connectivity index (χ2v) is 10.4. The van der Waals surface area contributed by atoms with Crippen LogP contribution in [0.15, 0.2) is 59.5 Å². The van der Waals surface area contributed by atoms with Gasteiger partial charge in [-0.05, 0) is 48.6 Å². The van der Waals surface area contributed by atoms with Crippen LogP contribution in [0.1, 0.15) is 43.5 Å². The van der Waals surface area contributed by atoms with E-state index in [1.165, 1.54) is 12.1 Å². The standard InChI is InChI=1S/C27H37N3O7S/c1-18(2)15-30(38(33,34)21-10-8-20(28)9-11-21)16-24(31)23(14-19-6-4-3-5-7-19)29-27(32)37-25-17-36-26-22(25)12-13-35-26/h3-11,18,22-26,31H,12-17,28H2,1-2H3,(H,29,32)/t22-,23-,24+,25-,26+/m0/s1/i1D3,2D3,15D2,17D2,18D,22D,25D. The van der Waals surface area contributed by atoms with E-state index < -0.39 is 90.6 Å². The molecule has 0 aliphatic carbocycles. The number of ether oxygens (including phenoxy) is 3. The minimum Gasteiger partial charge on any atom is -0.443 e. The van der Waals surface area contributed by atoms with Crippen LogP contribution in [0.2, 0.25) is 0 Å². The maximum absolute atomic E-state index is 14.1. The number of rotatable bonds is 11. The molecule has 2 aromatic rings. The summed E-state index contributed by atoms with van der Waals surface area (Å²) in [5.74, 6) is -6.38. The molecule has 0 saturated carbocycles. The molecule has 10 nitrogen and oxygen atoms in total. The van der Waals surface area contributed by atoms with E-state index in [9.17, 15) is 18.3 Å². The summed E-state index contributed by atoms with van der Waals surface area (Å²) in [4.78, 5) is 12.7. The number of alkyl carbamates (subject to hydrolysis) is 1. The van der Waals surface area contributed by atoms with Gasteiger partial charge in [0.25, 0.3) is 0 Å². The van der Waals surface area contributed by atoms with E-state index in [0.29, 0.717) is 5.56 Å². The quantitative estimate of drug-likeness (QED) is 0.356. The van der Waals surface area contributed by atoms with Crippen LogP contribution in [0.4, 0.5) is 10.5 Å². The summed E-state index contributed by atoms with van der Waals surface area (Å²) in [6, 6.07) is 10.2. The van der Waals surface area contributed by atoms with Gasteiger partial charge in [-0.15, -0.1) is 0 Å². The van der Waals surface area contributed by atoms with Crippen molar-refractivity contribution in [3.63, 3.8) is 0 Å². The first-order chi connectivity index (χ1) is 23.2. The summed E-state index contributed by atoms with van der Waals surface area (Å²) in [5.41, 5.74) is 6.12. The van der Waals surface area contributed by atoms with Gasteiger partial charge in [0.1, 0.15) is 6.08 Å². The van der Waals surface area contributed by atoms with Crippen LogP contribution in [0.5, 0.6) is 0 Å².